The molecule has 0 saturated heterocycles. The minimum absolute atomic E-state index is 0.109. The number of hydrogen-bond acceptors (Lipinski definition) is 5. The zero-order chi connectivity index (χ0) is 16.2. The first-order valence-electron chi connectivity index (χ1n) is 6.93. The van der Waals surface area contributed by atoms with Gasteiger partial charge in [0.05, 0.1) is 16.8 Å². The normalized spacial score (nSPS) is 10.9. The van der Waals surface area contributed by atoms with E-state index in [0.717, 1.165) is 22.6 Å². The van der Waals surface area contributed by atoms with E-state index in [1.165, 1.54) is 0 Å². The highest BCUT2D eigenvalue weighted by molar-refractivity contribution is 9.10. The first kappa shape index (κ1) is 16.0. The third-order valence-electron chi connectivity index (χ3n) is 3.24. The Balaban J connectivity index is 1.87. The molecule has 0 amide bonds. The summed E-state index contributed by atoms with van der Waals surface area (Å²) >= 11 is 4.94. The first-order chi connectivity index (χ1) is 11.2. The molecule has 3 rings (SSSR count). The second-order valence-electron chi connectivity index (χ2n) is 4.80. The lowest BCUT2D eigenvalue weighted by atomic mass is 10.3. The maximum atomic E-state index is 12.3. The van der Waals surface area contributed by atoms with E-state index in [2.05, 4.69) is 25.9 Å². The van der Waals surface area contributed by atoms with E-state index in [1.54, 1.807) is 30.1 Å². The summed E-state index contributed by atoms with van der Waals surface area (Å²) in [7, 11) is 0. The third kappa shape index (κ3) is 3.56. The molecule has 1 aromatic carbocycles. The topological polar surface area (TPSA) is 57.0 Å². The van der Waals surface area contributed by atoms with Gasteiger partial charge in [0, 0.05) is 6.20 Å². The zero-order valence-electron chi connectivity index (χ0n) is 12.4. The number of fused-ring (bicyclic) bond motifs is 1. The molecule has 0 aliphatic rings. The molecule has 3 aromatic rings. The number of ether oxygens (including phenoxy) is 1. The van der Waals surface area contributed by atoms with E-state index in [1.807, 2.05) is 35.1 Å². The highest BCUT2D eigenvalue weighted by Crippen LogP contribution is 2.22. The third-order valence-corrected chi connectivity index (χ3v) is 4.39. The van der Waals surface area contributed by atoms with Gasteiger partial charge >= 0.3 is 5.97 Å². The molecule has 0 spiro atoms. The Hall–Kier alpha value is -1.86. The van der Waals surface area contributed by atoms with Gasteiger partial charge in [-0.15, -0.1) is 0 Å². The molecule has 5 nitrogen and oxygen atoms in total. The molecule has 118 valence electrons. The fraction of sp³-hybridized carbons (Fsp3) is 0.188. The van der Waals surface area contributed by atoms with E-state index in [-0.39, 0.29) is 12.5 Å². The summed E-state index contributed by atoms with van der Waals surface area (Å²) in [6.07, 6.45) is 3.64. The van der Waals surface area contributed by atoms with Crippen molar-refractivity contribution in [2.24, 2.45) is 0 Å². The minimum atomic E-state index is -0.357. The maximum Gasteiger partial charge on any atom is 0.331 e. The molecule has 0 saturated carbocycles. The van der Waals surface area contributed by atoms with Crippen LogP contribution in [0, 0.1) is 0 Å². The zero-order valence-corrected chi connectivity index (χ0v) is 14.8. The van der Waals surface area contributed by atoms with Gasteiger partial charge in [-0.05, 0) is 46.5 Å². The van der Waals surface area contributed by atoms with Crippen molar-refractivity contribution in [2.75, 3.05) is 6.26 Å². The summed E-state index contributed by atoms with van der Waals surface area (Å²) < 4.78 is 7.81. The lowest BCUT2D eigenvalue weighted by Crippen LogP contribution is -2.18. The van der Waals surface area contributed by atoms with Crippen LogP contribution in [0.3, 0.4) is 0 Å². The van der Waals surface area contributed by atoms with Crippen molar-refractivity contribution < 1.29 is 9.53 Å². The van der Waals surface area contributed by atoms with Gasteiger partial charge in [-0.3, -0.25) is 0 Å². The Labute approximate surface area is 146 Å². The van der Waals surface area contributed by atoms with Crippen molar-refractivity contribution in [3.63, 3.8) is 0 Å². The summed E-state index contributed by atoms with van der Waals surface area (Å²) in [5.74, 6) is 1.65. The number of nitrogens with zero attached hydrogens (tertiary/aromatic N) is 3. The molecule has 23 heavy (non-hydrogen) atoms. The van der Waals surface area contributed by atoms with Crippen molar-refractivity contribution in [3.05, 3.63) is 53.0 Å². The van der Waals surface area contributed by atoms with E-state index < -0.39 is 0 Å². The molecule has 7 heteroatoms. The van der Waals surface area contributed by atoms with Crippen LogP contribution in [0.2, 0.25) is 0 Å². The number of aromatic nitrogens is 3. The number of carbonyl (C=O) groups excluding carboxylic acids is 1. The number of carbonyl (C=O) groups is 1. The highest BCUT2D eigenvalue weighted by atomic mass is 79.9. The molecule has 2 aromatic heterocycles. The van der Waals surface area contributed by atoms with Crippen LogP contribution in [0.5, 0.6) is 5.75 Å². The van der Waals surface area contributed by atoms with Gasteiger partial charge in [0.2, 0.25) is 0 Å². The number of halogens is 1. The van der Waals surface area contributed by atoms with Crippen molar-refractivity contribution in [1.82, 2.24) is 14.5 Å². The Kier molecular flexibility index (Phi) is 4.97. The highest BCUT2D eigenvalue weighted by Gasteiger charge is 2.15. The fourth-order valence-electron chi connectivity index (χ4n) is 2.27. The molecule has 0 radical (unpaired) electrons. The number of para-hydroxylation sites is 2. The molecular weight excluding hydrogens is 378 g/mol. The number of pyridine rings is 1. The summed E-state index contributed by atoms with van der Waals surface area (Å²) in [4.78, 5) is 20.9. The monoisotopic (exact) mass is 391 g/mol. The molecule has 0 aliphatic carbocycles. The van der Waals surface area contributed by atoms with Crippen LogP contribution in [0.25, 0.3) is 11.0 Å². The van der Waals surface area contributed by atoms with E-state index in [4.69, 9.17) is 4.74 Å². The number of esters is 1. The second kappa shape index (κ2) is 7.14. The van der Waals surface area contributed by atoms with Crippen molar-refractivity contribution in [2.45, 2.75) is 12.3 Å². The molecule has 0 bridgehead atoms. The Bertz CT molecular complexity index is 850. The SMILES string of the molecule is CSCc1nc2ccccc2n1CC(=O)Oc1cccnc1Br. The van der Waals surface area contributed by atoms with Crippen LogP contribution in [-0.2, 0) is 17.1 Å². The summed E-state index contributed by atoms with van der Waals surface area (Å²) in [5, 5.41) is 0. The van der Waals surface area contributed by atoms with Crippen molar-refractivity contribution >= 4 is 44.7 Å². The van der Waals surface area contributed by atoms with Crippen molar-refractivity contribution in [3.8, 4) is 5.75 Å². The quantitative estimate of drug-likeness (QED) is 0.490. The fourth-order valence-corrected chi connectivity index (χ4v) is 3.08. The smallest absolute Gasteiger partial charge is 0.331 e. The van der Waals surface area contributed by atoms with Gasteiger partial charge in [-0.2, -0.15) is 11.8 Å². The number of rotatable bonds is 5. The van der Waals surface area contributed by atoms with E-state index in [9.17, 15) is 4.79 Å². The number of imidazole rings is 1. The molecule has 2 heterocycles. The number of thioether (sulfide) groups is 1. The minimum Gasteiger partial charge on any atom is -0.422 e. The van der Waals surface area contributed by atoms with Crippen molar-refractivity contribution in [1.29, 1.82) is 0 Å². The molecule has 0 fully saturated rings. The lowest BCUT2D eigenvalue weighted by molar-refractivity contribution is -0.135. The van der Waals surface area contributed by atoms with Crippen LogP contribution in [0.4, 0.5) is 0 Å². The van der Waals surface area contributed by atoms with E-state index in [0.29, 0.717) is 10.4 Å². The van der Waals surface area contributed by atoms with Gasteiger partial charge in [-0.25, -0.2) is 14.8 Å². The van der Waals surface area contributed by atoms with Gasteiger partial charge < -0.3 is 9.30 Å². The summed E-state index contributed by atoms with van der Waals surface area (Å²) in [6.45, 7) is 0.109. The average molecular weight is 392 g/mol. The largest absolute Gasteiger partial charge is 0.422 e. The standard InChI is InChI=1S/C16H14BrN3O2S/c1-23-10-14-19-11-5-2-3-6-12(11)20(14)9-15(21)22-13-7-4-8-18-16(13)17/h2-8H,9-10H2,1H3. The van der Waals surface area contributed by atoms with Crippen LogP contribution in [0.1, 0.15) is 5.82 Å². The predicted molar refractivity (Wildman–Crippen MR) is 94.5 cm³/mol. The number of hydrogen-bond donors (Lipinski definition) is 0. The predicted octanol–water partition coefficient (Wildman–Crippen LogP) is 3.66. The molecule has 0 N–H and O–H groups in total. The maximum absolute atomic E-state index is 12.3. The Morgan fingerprint density at radius 2 is 2.13 bits per heavy atom. The summed E-state index contributed by atoms with van der Waals surface area (Å²) in [6, 6.07) is 11.2. The van der Waals surface area contributed by atoms with Crippen LogP contribution < -0.4 is 4.74 Å². The lowest BCUT2D eigenvalue weighted by Gasteiger charge is -2.09. The van der Waals surface area contributed by atoms with Crippen LogP contribution >= 0.6 is 27.7 Å². The van der Waals surface area contributed by atoms with Crippen LogP contribution in [0.15, 0.2) is 47.2 Å². The number of benzene rings is 1. The van der Waals surface area contributed by atoms with Crippen LogP contribution in [-0.4, -0.2) is 26.8 Å². The Morgan fingerprint density at radius 1 is 1.30 bits per heavy atom. The first-order valence-corrected chi connectivity index (χ1v) is 9.12. The Morgan fingerprint density at radius 3 is 2.91 bits per heavy atom. The molecular formula is C16H14BrN3O2S. The second-order valence-corrected chi connectivity index (χ2v) is 6.42. The molecule has 0 aliphatic heterocycles. The van der Waals surface area contributed by atoms with Gasteiger partial charge in [-0.1, -0.05) is 12.1 Å². The average Bonchev–Trinajstić information content (AvgIpc) is 2.88. The van der Waals surface area contributed by atoms with Gasteiger partial charge in [0.15, 0.2) is 5.75 Å². The molecule has 0 atom stereocenters. The van der Waals surface area contributed by atoms with E-state index >= 15 is 0 Å². The molecule has 0 unspecified atom stereocenters. The van der Waals surface area contributed by atoms with Gasteiger partial charge in [0.1, 0.15) is 17.0 Å². The van der Waals surface area contributed by atoms with Gasteiger partial charge in [0.25, 0.3) is 0 Å². The summed E-state index contributed by atoms with van der Waals surface area (Å²) in [5.41, 5.74) is 1.81.